The van der Waals surface area contributed by atoms with Gasteiger partial charge in [-0.2, -0.15) is 15.5 Å². The molecule has 0 aliphatic rings. The molecule has 0 atom stereocenters. The predicted octanol–water partition coefficient (Wildman–Crippen LogP) is 6.63. The number of hydrogen-bond donors (Lipinski definition) is 1. The Morgan fingerprint density at radius 2 is 1.57 bits per heavy atom. The van der Waals surface area contributed by atoms with Crippen LogP contribution < -0.4 is 15.2 Å². The summed E-state index contributed by atoms with van der Waals surface area (Å²) < 4.78 is 2.18. The average Bonchev–Trinajstić information content (AvgIpc) is 2.91. The number of nitrogens with two attached hydrogens (primary N) is 1. The molecular weight excluding hydrogens is 458 g/mol. The lowest BCUT2D eigenvalue weighted by Gasteiger charge is -2.17. The summed E-state index contributed by atoms with van der Waals surface area (Å²) in [6.45, 7) is 4.70. The number of aromatic nitrogens is 2. The van der Waals surface area contributed by atoms with Crippen LogP contribution in [0.2, 0.25) is 0 Å². The first-order valence-electron chi connectivity index (χ1n) is 12.2. The van der Waals surface area contributed by atoms with Crippen LogP contribution in [0.25, 0.3) is 27.8 Å². The molecule has 0 bridgehead atoms. The van der Waals surface area contributed by atoms with Gasteiger partial charge in [0.25, 0.3) is 0 Å². The van der Waals surface area contributed by atoms with Crippen LogP contribution in [0.4, 0.5) is 22.7 Å². The van der Waals surface area contributed by atoms with E-state index in [0.717, 1.165) is 61.6 Å². The molecule has 7 nitrogen and oxygen atoms in total. The lowest BCUT2D eigenvalue weighted by molar-refractivity contribution is -0.538. The minimum Gasteiger partial charge on any atom is -0.398 e. The number of azo groups is 1. The zero-order valence-electron chi connectivity index (χ0n) is 21.2. The van der Waals surface area contributed by atoms with Crippen molar-refractivity contribution in [3.05, 3.63) is 90.0 Å². The Labute approximate surface area is 216 Å². The summed E-state index contributed by atoms with van der Waals surface area (Å²) in [5.74, 6) is 0. The van der Waals surface area contributed by atoms with Crippen molar-refractivity contribution in [1.82, 2.24) is 4.98 Å². The van der Waals surface area contributed by atoms with Gasteiger partial charge < -0.3 is 10.6 Å². The van der Waals surface area contributed by atoms with Crippen molar-refractivity contribution in [2.24, 2.45) is 10.2 Å². The van der Waals surface area contributed by atoms with Crippen LogP contribution in [-0.4, -0.2) is 18.6 Å². The van der Waals surface area contributed by atoms with Crippen LogP contribution in [0.5, 0.6) is 0 Å². The monoisotopic (exact) mass is 486 g/mol. The quantitative estimate of drug-likeness (QED) is 0.126. The van der Waals surface area contributed by atoms with E-state index in [4.69, 9.17) is 16.0 Å². The molecule has 0 unspecified atom stereocenters. The fourth-order valence-corrected chi connectivity index (χ4v) is 4.36. The normalized spacial score (nSPS) is 11.3. The van der Waals surface area contributed by atoms with Crippen molar-refractivity contribution in [2.45, 2.75) is 20.3 Å². The predicted molar refractivity (Wildman–Crippen MR) is 149 cm³/mol. The maximum absolute atomic E-state index is 8.81. The van der Waals surface area contributed by atoms with E-state index in [-0.39, 0.29) is 0 Å². The van der Waals surface area contributed by atoms with Gasteiger partial charge in [-0.25, -0.2) is 4.98 Å². The van der Waals surface area contributed by atoms with E-state index in [1.807, 2.05) is 86.5 Å². The van der Waals surface area contributed by atoms with Crippen LogP contribution in [0, 0.1) is 25.2 Å². The number of para-hydroxylation sites is 1. The third-order valence-electron chi connectivity index (χ3n) is 6.52. The smallest absolute Gasteiger partial charge is 0.239 e. The molecule has 0 aliphatic heterocycles. The van der Waals surface area contributed by atoms with Gasteiger partial charge in [0.05, 0.1) is 23.9 Å². The summed E-state index contributed by atoms with van der Waals surface area (Å²) >= 11 is 0. The molecule has 0 aliphatic carbocycles. The van der Waals surface area contributed by atoms with Crippen LogP contribution in [0.3, 0.4) is 0 Å². The summed E-state index contributed by atoms with van der Waals surface area (Å²) in [5.41, 5.74) is 16.2. The number of nitrogen functional groups attached to an aromatic ring is 1. The van der Waals surface area contributed by atoms with Gasteiger partial charge in [0.1, 0.15) is 11.0 Å². The summed E-state index contributed by atoms with van der Waals surface area (Å²) in [6, 6.07) is 28.3. The van der Waals surface area contributed by atoms with Gasteiger partial charge in [0.15, 0.2) is 0 Å². The highest BCUT2D eigenvalue weighted by atomic mass is 15.1. The standard InChI is InChI=1S/C30H27N7/c1-20-16-27-29(18-25(20)32)37(24-8-5-4-6-9-24)30-19-26(21(2)17-28(30)33-27)35-34-22-10-12-23(13-11-22)36(3)15-7-14-31/h4-6,8-13,16-19,32H,7,15H2,1-3H3/p+1. The molecule has 182 valence electrons. The molecule has 0 saturated carbocycles. The van der Waals surface area contributed by atoms with Gasteiger partial charge in [0.2, 0.25) is 16.7 Å². The average molecular weight is 487 g/mol. The number of anilines is 2. The number of rotatable bonds is 6. The lowest BCUT2D eigenvalue weighted by Crippen LogP contribution is -2.33. The van der Waals surface area contributed by atoms with Gasteiger partial charge in [-0.15, -0.1) is 4.57 Å². The number of hydrogen-bond acceptors (Lipinski definition) is 6. The summed E-state index contributed by atoms with van der Waals surface area (Å²) in [6.07, 6.45) is 0.485. The first-order valence-corrected chi connectivity index (χ1v) is 12.2. The molecule has 2 N–H and O–H groups in total. The Hall–Kier alpha value is -4.83. The molecule has 0 radical (unpaired) electrons. The zero-order chi connectivity index (χ0) is 25.9. The van der Waals surface area contributed by atoms with Crippen LogP contribution in [-0.2, 0) is 0 Å². The third-order valence-corrected chi connectivity index (χ3v) is 6.52. The minimum absolute atomic E-state index is 0.485. The van der Waals surface area contributed by atoms with Crippen molar-refractivity contribution in [3.8, 4) is 11.8 Å². The highest BCUT2D eigenvalue weighted by Gasteiger charge is 2.21. The lowest BCUT2D eigenvalue weighted by atomic mass is 10.1. The highest BCUT2D eigenvalue weighted by Crippen LogP contribution is 2.29. The van der Waals surface area contributed by atoms with Crippen LogP contribution >= 0.6 is 0 Å². The zero-order valence-corrected chi connectivity index (χ0v) is 21.2. The molecule has 1 heterocycles. The maximum atomic E-state index is 8.81. The molecule has 4 aromatic carbocycles. The van der Waals surface area contributed by atoms with E-state index in [1.165, 1.54) is 0 Å². The molecule has 0 fully saturated rings. The van der Waals surface area contributed by atoms with E-state index in [2.05, 4.69) is 39.1 Å². The number of nitrogens with zero attached hydrogens (tertiary/aromatic N) is 6. The molecule has 7 heteroatoms. The molecule has 0 amide bonds. The molecule has 37 heavy (non-hydrogen) atoms. The van der Waals surface area contributed by atoms with Gasteiger partial charge in [-0.05, 0) is 61.4 Å². The Morgan fingerprint density at radius 3 is 2.27 bits per heavy atom. The molecule has 0 saturated heterocycles. The summed E-state index contributed by atoms with van der Waals surface area (Å²) in [5, 5.41) is 17.9. The number of nitriles is 1. The number of benzene rings is 4. The van der Waals surface area contributed by atoms with E-state index in [1.54, 1.807) is 0 Å². The van der Waals surface area contributed by atoms with Gasteiger partial charge in [0, 0.05) is 49.2 Å². The van der Waals surface area contributed by atoms with Crippen molar-refractivity contribution in [3.63, 3.8) is 0 Å². The summed E-state index contributed by atoms with van der Waals surface area (Å²) in [7, 11) is 1.97. The minimum atomic E-state index is 0.485. The first-order chi connectivity index (χ1) is 17.9. The van der Waals surface area contributed by atoms with Crippen LogP contribution in [0.1, 0.15) is 17.5 Å². The second-order valence-electron chi connectivity index (χ2n) is 9.15. The topological polar surface area (TPSA) is 94.5 Å². The fraction of sp³-hybridized carbons (Fsp3) is 0.167. The van der Waals surface area contributed by atoms with Crippen molar-refractivity contribution >= 4 is 44.8 Å². The Morgan fingerprint density at radius 1 is 0.892 bits per heavy atom. The van der Waals surface area contributed by atoms with E-state index in [0.29, 0.717) is 13.0 Å². The highest BCUT2D eigenvalue weighted by molar-refractivity contribution is 5.87. The van der Waals surface area contributed by atoms with E-state index < -0.39 is 0 Å². The van der Waals surface area contributed by atoms with Gasteiger partial charge >= 0.3 is 0 Å². The molecule has 1 aromatic heterocycles. The summed E-state index contributed by atoms with van der Waals surface area (Å²) in [4.78, 5) is 7.01. The van der Waals surface area contributed by atoms with E-state index >= 15 is 0 Å². The molecular formula is C30H28N7+. The van der Waals surface area contributed by atoms with Crippen molar-refractivity contribution in [1.29, 1.82) is 5.26 Å². The SMILES string of the molecule is Cc1cc2nc3cc(C)c(N=Nc4ccc(N(C)CCC#N)cc4)cc3[n+](-c3ccccc3)c2cc1N. The number of aryl methyl sites for hydroxylation is 2. The Kier molecular flexibility index (Phi) is 6.48. The second kappa shape index (κ2) is 10.0. The Balaban J connectivity index is 1.59. The maximum Gasteiger partial charge on any atom is 0.239 e. The van der Waals surface area contributed by atoms with E-state index in [9.17, 15) is 0 Å². The van der Waals surface area contributed by atoms with Crippen molar-refractivity contribution in [2.75, 3.05) is 24.2 Å². The third kappa shape index (κ3) is 4.82. The second-order valence-corrected chi connectivity index (χ2v) is 9.15. The molecule has 5 aromatic rings. The fourth-order valence-electron chi connectivity index (χ4n) is 4.36. The van der Waals surface area contributed by atoms with Gasteiger partial charge in [-0.3, -0.25) is 0 Å². The molecule has 0 spiro atoms. The Bertz CT molecular complexity index is 1670. The molecule has 5 rings (SSSR count). The van der Waals surface area contributed by atoms with Gasteiger partial charge in [-0.1, -0.05) is 18.2 Å². The first kappa shape index (κ1) is 23.9. The largest absolute Gasteiger partial charge is 0.398 e. The number of fused-ring (bicyclic) bond motifs is 2. The van der Waals surface area contributed by atoms with Crippen molar-refractivity contribution < 1.29 is 4.57 Å². The van der Waals surface area contributed by atoms with Crippen LogP contribution in [0.15, 0.2) is 89.1 Å².